The van der Waals surface area contributed by atoms with Crippen molar-refractivity contribution in [2.75, 3.05) is 10.2 Å². The molecule has 0 atom stereocenters. The highest BCUT2D eigenvalue weighted by atomic mass is 19.1. The number of aryl methyl sites for hydroxylation is 1. The second kappa shape index (κ2) is 9.28. The van der Waals surface area contributed by atoms with Crippen molar-refractivity contribution >= 4 is 28.8 Å². The number of carbonyl (C=O) groups excluding carboxylic acids is 2. The molecule has 1 heterocycles. The summed E-state index contributed by atoms with van der Waals surface area (Å²) in [5, 5.41) is 3.12. The van der Waals surface area contributed by atoms with Crippen LogP contribution in [0.2, 0.25) is 0 Å². The molecule has 0 saturated heterocycles. The highest BCUT2D eigenvalue weighted by molar-refractivity contribution is 6.46. The number of anilines is 2. The number of hydrogen-bond acceptors (Lipinski definition) is 4. The Morgan fingerprint density at radius 3 is 2.09 bits per heavy atom. The molecule has 33 heavy (non-hydrogen) atoms. The van der Waals surface area contributed by atoms with Gasteiger partial charge in [-0.25, -0.2) is 9.29 Å². The zero-order valence-electron chi connectivity index (χ0n) is 18.8. The van der Waals surface area contributed by atoms with Gasteiger partial charge in [0, 0.05) is 5.69 Å². The third kappa shape index (κ3) is 4.65. The van der Waals surface area contributed by atoms with Crippen molar-refractivity contribution < 1.29 is 18.7 Å². The molecule has 1 aliphatic rings. The lowest BCUT2D eigenvalue weighted by molar-refractivity contribution is -0.120. The van der Waals surface area contributed by atoms with Gasteiger partial charge in [-0.3, -0.25) is 9.59 Å². The Morgan fingerprint density at radius 1 is 0.879 bits per heavy atom. The summed E-state index contributed by atoms with van der Waals surface area (Å²) in [5.41, 5.74) is 3.09. The van der Waals surface area contributed by atoms with E-state index in [0.29, 0.717) is 22.7 Å². The zero-order valence-corrected chi connectivity index (χ0v) is 18.8. The van der Waals surface area contributed by atoms with Crippen molar-refractivity contribution in [2.45, 2.75) is 33.3 Å². The third-order valence-electron chi connectivity index (χ3n) is 5.32. The van der Waals surface area contributed by atoms with Gasteiger partial charge in [0.25, 0.3) is 11.8 Å². The van der Waals surface area contributed by atoms with Crippen molar-refractivity contribution in [3.63, 3.8) is 0 Å². The third-order valence-corrected chi connectivity index (χ3v) is 5.32. The van der Waals surface area contributed by atoms with Crippen molar-refractivity contribution in [2.24, 2.45) is 0 Å². The Morgan fingerprint density at radius 2 is 1.52 bits per heavy atom. The quantitative estimate of drug-likeness (QED) is 0.484. The summed E-state index contributed by atoms with van der Waals surface area (Å²) in [7, 11) is 0. The van der Waals surface area contributed by atoms with E-state index >= 15 is 0 Å². The average Bonchev–Trinajstić information content (AvgIpc) is 3.04. The maximum atomic E-state index is 13.5. The fourth-order valence-electron chi connectivity index (χ4n) is 3.68. The van der Waals surface area contributed by atoms with E-state index in [4.69, 9.17) is 4.74 Å². The number of rotatable bonds is 7. The SMILES string of the molecule is CCc1ccc(NC2=C(c3ccc(F)cc3)C(=O)N(c3ccc(OC(C)C)cc3)C2=O)cc1. The number of hydrogen-bond donors (Lipinski definition) is 1. The number of benzene rings is 3. The number of carbonyl (C=O) groups is 2. The summed E-state index contributed by atoms with van der Waals surface area (Å²) in [6.45, 7) is 5.91. The standard InChI is InChI=1S/C27H25FN2O3/c1-4-18-5-11-21(12-6-18)29-25-24(19-7-9-20(28)10-8-19)26(31)30(27(25)32)22-13-15-23(16-14-22)33-17(2)3/h5-17,29H,4H2,1-3H3. The summed E-state index contributed by atoms with van der Waals surface area (Å²) in [4.78, 5) is 28.0. The molecular weight excluding hydrogens is 419 g/mol. The molecule has 0 saturated carbocycles. The van der Waals surface area contributed by atoms with Gasteiger partial charge in [0.1, 0.15) is 17.3 Å². The molecule has 2 amide bonds. The highest BCUT2D eigenvalue weighted by Gasteiger charge is 2.40. The maximum Gasteiger partial charge on any atom is 0.282 e. The first-order chi connectivity index (χ1) is 15.9. The molecule has 168 valence electrons. The Labute approximate surface area is 192 Å². The minimum atomic E-state index is -0.476. The minimum Gasteiger partial charge on any atom is -0.491 e. The normalized spacial score (nSPS) is 13.8. The Bertz CT molecular complexity index is 1200. The van der Waals surface area contributed by atoms with Gasteiger partial charge in [0.2, 0.25) is 0 Å². The number of imide groups is 1. The van der Waals surface area contributed by atoms with Crippen molar-refractivity contribution in [1.29, 1.82) is 0 Å². The van der Waals surface area contributed by atoms with Crippen molar-refractivity contribution in [1.82, 2.24) is 0 Å². The Kier molecular flexibility index (Phi) is 6.27. The Hall–Kier alpha value is -3.93. The van der Waals surface area contributed by atoms with Crippen LogP contribution < -0.4 is 15.0 Å². The van der Waals surface area contributed by atoms with E-state index in [-0.39, 0.29) is 17.4 Å². The molecule has 4 rings (SSSR count). The summed E-state index contributed by atoms with van der Waals surface area (Å²) in [6.07, 6.45) is 0.901. The fraction of sp³-hybridized carbons (Fsp3) is 0.185. The topological polar surface area (TPSA) is 58.6 Å². The molecule has 0 fully saturated rings. The lowest BCUT2D eigenvalue weighted by Gasteiger charge is -2.17. The number of nitrogens with zero attached hydrogens (tertiary/aromatic N) is 1. The van der Waals surface area contributed by atoms with E-state index in [9.17, 15) is 14.0 Å². The van der Waals surface area contributed by atoms with Gasteiger partial charge in [0.15, 0.2) is 0 Å². The van der Waals surface area contributed by atoms with Crippen LogP contribution >= 0.6 is 0 Å². The highest BCUT2D eigenvalue weighted by Crippen LogP contribution is 2.34. The predicted octanol–water partition coefficient (Wildman–Crippen LogP) is 5.57. The van der Waals surface area contributed by atoms with Gasteiger partial charge in [-0.15, -0.1) is 0 Å². The first kappa shape index (κ1) is 22.3. The van der Waals surface area contributed by atoms with Crippen molar-refractivity contribution in [3.05, 3.63) is 95.4 Å². The number of amides is 2. The van der Waals surface area contributed by atoms with E-state index in [1.54, 1.807) is 24.3 Å². The smallest absolute Gasteiger partial charge is 0.282 e. The van der Waals surface area contributed by atoms with Crippen LogP contribution in [0.5, 0.6) is 5.75 Å². The van der Waals surface area contributed by atoms with E-state index in [1.165, 1.54) is 24.3 Å². The van der Waals surface area contributed by atoms with Crippen LogP contribution in [0.3, 0.4) is 0 Å². The number of nitrogens with one attached hydrogen (secondary N) is 1. The van der Waals surface area contributed by atoms with E-state index in [2.05, 4.69) is 12.2 Å². The molecule has 0 spiro atoms. The summed E-state index contributed by atoms with van der Waals surface area (Å²) >= 11 is 0. The van der Waals surface area contributed by atoms with Gasteiger partial charge in [-0.05, 0) is 79.9 Å². The molecule has 0 aliphatic carbocycles. The molecule has 1 N–H and O–H groups in total. The maximum absolute atomic E-state index is 13.5. The lowest BCUT2D eigenvalue weighted by Crippen LogP contribution is -2.32. The van der Waals surface area contributed by atoms with Crippen LogP contribution in [-0.2, 0) is 16.0 Å². The van der Waals surface area contributed by atoms with Crippen LogP contribution in [0.25, 0.3) is 5.57 Å². The molecule has 3 aromatic rings. The molecule has 1 aliphatic heterocycles. The first-order valence-corrected chi connectivity index (χ1v) is 10.9. The van der Waals surface area contributed by atoms with Crippen LogP contribution in [-0.4, -0.2) is 17.9 Å². The van der Waals surface area contributed by atoms with Crippen LogP contribution in [0.1, 0.15) is 31.9 Å². The van der Waals surface area contributed by atoms with Crippen molar-refractivity contribution in [3.8, 4) is 5.75 Å². The average molecular weight is 445 g/mol. The van der Waals surface area contributed by atoms with Crippen LogP contribution in [0, 0.1) is 5.82 Å². The largest absolute Gasteiger partial charge is 0.491 e. The van der Waals surface area contributed by atoms with E-state index in [0.717, 1.165) is 16.9 Å². The number of halogens is 1. The molecule has 0 radical (unpaired) electrons. The second-order valence-corrected chi connectivity index (χ2v) is 8.04. The summed E-state index contributed by atoms with van der Waals surface area (Å²) < 4.78 is 19.2. The van der Waals surface area contributed by atoms with E-state index in [1.807, 2.05) is 38.1 Å². The summed E-state index contributed by atoms with van der Waals surface area (Å²) in [6, 6.07) is 20.0. The molecule has 6 heteroatoms. The number of ether oxygens (including phenoxy) is 1. The lowest BCUT2D eigenvalue weighted by atomic mass is 10.0. The molecule has 0 aromatic heterocycles. The molecule has 5 nitrogen and oxygen atoms in total. The predicted molar refractivity (Wildman–Crippen MR) is 127 cm³/mol. The second-order valence-electron chi connectivity index (χ2n) is 8.04. The van der Waals surface area contributed by atoms with Gasteiger partial charge >= 0.3 is 0 Å². The molecule has 0 unspecified atom stereocenters. The van der Waals surface area contributed by atoms with Gasteiger partial charge < -0.3 is 10.1 Å². The van der Waals surface area contributed by atoms with Crippen LogP contribution in [0.4, 0.5) is 15.8 Å². The Balaban J connectivity index is 1.72. The summed E-state index contributed by atoms with van der Waals surface area (Å²) in [5.74, 6) is -0.722. The van der Waals surface area contributed by atoms with E-state index < -0.39 is 17.6 Å². The van der Waals surface area contributed by atoms with Gasteiger partial charge in [0.05, 0.1) is 17.4 Å². The van der Waals surface area contributed by atoms with Crippen LogP contribution in [0.15, 0.2) is 78.5 Å². The fourth-order valence-corrected chi connectivity index (χ4v) is 3.68. The van der Waals surface area contributed by atoms with Gasteiger partial charge in [-0.2, -0.15) is 0 Å². The molecule has 3 aromatic carbocycles. The van der Waals surface area contributed by atoms with Gasteiger partial charge in [-0.1, -0.05) is 31.2 Å². The first-order valence-electron chi connectivity index (χ1n) is 10.9. The minimum absolute atomic E-state index is 0.00699. The zero-order chi connectivity index (χ0) is 23.5. The molecule has 0 bridgehead atoms. The monoisotopic (exact) mass is 444 g/mol. The molecular formula is C27H25FN2O3.